The number of carbonyl (C=O) groups is 2. The maximum atomic E-state index is 12.8. The van der Waals surface area contributed by atoms with Crippen LogP contribution in [-0.4, -0.2) is 79.6 Å². The van der Waals surface area contributed by atoms with Gasteiger partial charge >= 0.3 is 0 Å². The highest BCUT2D eigenvalue weighted by Crippen LogP contribution is 2.32. The molecule has 3 atom stereocenters. The number of hydrogen-bond acceptors (Lipinski definition) is 5. The summed E-state index contributed by atoms with van der Waals surface area (Å²) < 4.78 is 6.03. The first kappa shape index (κ1) is 25.0. The highest BCUT2D eigenvalue weighted by Gasteiger charge is 2.40. The van der Waals surface area contributed by atoms with Crippen LogP contribution in [0.2, 0.25) is 5.02 Å². The summed E-state index contributed by atoms with van der Waals surface area (Å²) in [5.74, 6) is 0.0451. The number of hydrogen-bond donors (Lipinski definition) is 2. The van der Waals surface area contributed by atoms with E-state index in [0.29, 0.717) is 18.0 Å². The molecule has 186 valence electrons. The first-order valence-electron chi connectivity index (χ1n) is 12.7. The molecule has 1 aromatic carbocycles. The van der Waals surface area contributed by atoms with Crippen molar-refractivity contribution in [2.75, 3.05) is 45.8 Å². The lowest BCUT2D eigenvalue weighted by Gasteiger charge is -2.39. The van der Waals surface area contributed by atoms with Gasteiger partial charge in [-0.15, -0.1) is 0 Å². The normalized spacial score (nSPS) is 27.1. The Kier molecular flexibility index (Phi) is 8.86. The van der Waals surface area contributed by atoms with Gasteiger partial charge in [0.25, 0.3) is 5.91 Å². The van der Waals surface area contributed by atoms with E-state index >= 15 is 0 Å². The summed E-state index contributed by atoms with van der Waals surface area (Å²) in [6, 6.07) is 7.22. The highest BCUT2D eigenvalue weighted by molar-refractivity contribution is 6.32. The lowest BCUT2D eigenvalue weighted by molar-refractivity contribution is -0.134. The fourth-order valence-electron chi connectivity index (χ4n) is 5.17. The van der Waals surface area contributed by atoms with E-state index in [1.54, 1.807) is 12.1 Å². The van der Waals surface area contributed by atoms with E-state index in [2.05, 4.69) is 27.4 Å². The number of nitrogens with zero attached hydrogens (tertiary/aromatic N) is 2. The Morgan fingerprint density at radius 2 is 1.91 bits per heavy atom. The van der Waals surface area contributed by atoms with E-state index in [1.807, 2.05) is 18.2 Å². The van der Waals surface area contributed by atoms with E-state index < -0.39 is 0 Å². The van der Waals surface area contributed by atoms with E-state index in [-0.39, 0.29) is 35.6 Å². The van der Waals surface area contributed by atoms with Gasteiger partial charge < -0.3 is 25.2 Å². The Morgan fingerprint density at radius 3 is 2.65 bits per heavy atom. The predicted molar refractivity (Wildman–Crippen MR) is 134 cm³/mol. The molecule has 2 heterocycles. The third-order valence-corrected chi connectivity index (χ3v) is 7.47. The largest absolute Gasteiger partial charge is 0.483 e. The molecular weight excluding hydrogens is 452 g/mol. The average Bonchev–Trinajstić information content (AvgIpc) is 2.84. The van der Waals surface area contributed by atoms with Crippen molar-refractivity contribution in [1.82, 2.24) is 20.4 Å². The molecule has 3 fully saturated rings. The first-order chi connectivity index (χ1) is 16.5. The maximum Gasteiger partial charge on any atom is 0.286 e. The van der Waals surface area contributed by atoms with Crippen LogP contribution < -0.4 is 10.6 Å². The molecule has 1 aromatic rings. The number of rotatable bonds is 8. The number of benzene rings is 1. The maximum absolute atomic E-state index is 12.8. The number of morpholine rings is 1. The number of piperazine rings is 1. The second kappa shape index (κ2) is 12.0. The Morgan fingerprint density at radius 1 is 1.18 bits per heavy atom. The van der Waals surface area contributed by atoms with Gasteiger partial charge in [0, 0.05) is 43.7 Å². The number of amides is 2. The summed E-state index contributed by atoms with van der Waals surface area (Å²) in [6.45, 7) is 9.68. The van der Waals surface area contributed by atoms with Gasteiger partial charge in [-0.3, -0.25) is 9.59 Å². The zero-order valence-electron chi connectivity index (χ0n) is 20.1. The molecule has 3 unspecified atom stereocenters. The second-order valence-electron chi connectivity index (χ2n) is 9.60. The standard InChI is InChI=1S/C26H37ClN4O3/c1-2-11-30-13-15-31(16-14-30)12-5-10-28-25(32)20-8-9-23-22(17-20)29-26(33)24(34-23)18-19-6-3-4-7-21(19)27/h3-4,6-7,18,20,22-23H,2,5,8-17H2,1H3,(H,28,32)(H,29,33)/b24-18-. The molecule has 0 spiro atoms. The molecule has 3 aliphatic rings. The van der Waals surface area contributed by atoms with Crippen molar-refractivity contribution in [1.29, 1.82) is 0 Å². The zero-order chi connectivity index (χ0) is 23.9. The summed E-state index contributed by atoms with van der Waals surface area (Å²) in [4.78, 5) is 30.4. The third-order valence-electron chi connectivity index (χ3n) is 7.12. The summed E-state index contributed by atoms with van der Waals surface area (Å²) in [7, 11) is 0. The van der Waals surface area contributed by atoms with Gasteiger partial charge in [-0.1, -0.05) is 36.7 Å². The van der Waals surface area contributed by atoms with E-state index in [1.165, 1.54) is 13.0 Å². The minimum Gasteiger partial charge on any atom is -0.483 e. The van der Waals surface area contributed by atoms with Gasteiger partial charge in [0.15, 0.2) is 5.76 Å². The molecule has 0 aromatic heterocycles. The number of ether oxygens (including phenoxy) is 1. The van der Waals surface area contributed by atoms with E-state index in [9.17, 15) is 9.59 Å². The molecule has 1 saturated carbocycles. The molecule has 0 bridgehead atoms. The van der Waals surface area contributed by atoms with Crippen LogP contribution >= 0.6 is 11.6 Å². The SMILES string of the molecule is CCCN1CCN(CCCNC(=O)C2CCC3O/C(=C\c4ccccc4Cl)C(=O)NC3C2)CC1. The minimum atomic E-state index is -0.249. The highest BCUT2D eigenvalue weighted by atomic mass is 35.5. The van der Waals surface area contributed by atoms with E-state index in [0.717, 1.165) is 57.5 Å². The molecule has 2 amide bonds. The summed E-state index contributed by atoms with van der Waals surface area (Å²) in [5, 5.41) is 6.75. The van der Waals surface area contributed by atoms with Crippen LogP contribution in [0.4, 0.5) is 0 Å². The molecule has 7 nitrogen and oxygen atoms in total. The number of nitrogens with one attached hydrogen (secondary N) is 2. The zero-order valence-corrected chi connectivity index (χ0v) is 20.9. The molecule has 4 rings (SSSR count). The van der Waals surface area contributed by atoms with Crippen LogP contribution in [0.1, 0.15) is 44.6 Å². The van der Waals surface area contributed by atoms with Gasteiger partial charge in [-0.05, 0) is 62.9 Å². The number of halogens is 1. The van der Waals surface area contributed by atoms with Crippen molar-refractivity contribution < 1.29 is 14.3 Å². The molecule has 1 aliphatic carbocycles. The molecule has 2 aliphatic heterocycles. The Balaban J connectivity index is 1.18. The molecule has 34 heavy (non-hydrogen) atoms. The second-order valence-corrected chi connectivity index (χ2v) is 10.0. The summed E-state index contributed by atoms with van der Waals surface area (Å²) in [5.41, 5.74) is 0.753. The average molecular weight is 489 g/mol. The Hall–Kier alpha value is -2.09. The lowest BCUT2D eigenvalue weighted by atomic mass is 9.82. The fraction of sp³-hybridized carbons (Fsp3) is 0.615. The predicted octanol–water partition coefficient (Wildman–Crippen LogP) is 2.90. The van der Waals surface area contributed by atoms with Gasteiger partial charge in [-0.25, -0.2) is 0 Å². The van der Waals surface area contributed by atoms with Gasteiger partial charge in [0.05, 0.1) is 6.04 Å². The molecule has 2 saturated heterocycles. The quantitative estimate of drug-likeness (QED) is 0.435. The minimum absolute atomic E-state index is 0.0863. The van der Waals surface area contributed by atoms with Crippen molar-refractivity contribution >= 4 is 29.5 Å². The van der Waals surface area contributed by atoms with Gasteiger partial charge in [0.2, 0.25) is 5.91 Å². The van der Waals surface area contributed by atoms with E-state index in [4.69, 9.17) is 16.3 Å². The van der Waals surface area contributed by atoms with Crippen molar-refractivity contribution in [2.45, 2.75) is 51.2 Å². The number of fused-ring (bicyclic) bond motifs is 1. The molecule has 0 radical (unpaired) electrons. The first-order valence-corrected chi connectivity index (χ1v) is 13.1. The third kappa shape index (κ3) is 6.52. The smallest absolute Gasteiger partial charge is 0.286 e. The Labute approximate surface area is 207 Å². The van der Waals surface area contributed by atoms with Crippen LogP contribution in [0.25, 0.3) is 6.08 Å². The molecule has 8 heteroatoms. The fourth-order valence-corrected chi connectivity index (χ4v) is 5.36. The Bertz CT molecular complexity index is 885. The number of carbonyl (C=O) groups excluding carboxylic acids is 2. The van der Waals surface area contributed by atoms with Crippen molar-refractivity contribution in [2.24, 2.45) is 5.92 Å². The monoisotopic (exact) mass is 488 g/mol. The van der Waals surface area contributed by atoms with Crippen molar-refractivity contribution in [3.63, 3.8) is 0 Å². The van der Waals surface area contributed by atoms with Gasteiger partial charge in [0.1, 0.15) is 6.10 Å². The van der Waals surface area contributed by atoms with Crippen molar-refractivity contribution in [3.05, 3.63) is 40.6 Å². The topological polar surface area (TPSA) is 73.9 Å². The molecular formula is C26H37ClN4O3. The van der Waals surface area contributed by atoms with Crippen LogP contribution in [0.5, 0.6) is 0 Å². The van der Waals surface area contributed by atoms with Crippen LogP contribution in [0.15, 0.2) is 30.0 Å². The van der Waals surface area contributed by atoms with Crippen LogP contribution in [0.3, 0.4) is 0 Å². The van der Waals surface area contributed by atoms with Crippen LogP contribution in [0, 0.1) is 5.92 Å². The van der Waals surface area contributed by atoms with Gasteiger partial charge in [-0.2, -0.15) is 0 Å². The summed E-state index contributed by atoms with van der Waals surface area (Å²) in [6.07, 6.45) is 5.88. The van der Waals surface area contributed by atoms with Crippen LogP contribution in [-0.2, 0) is 14.3 Å². The molecule has 2 N–H and O–H groups in total. The summed E-state index contributed by atoms with van der Waals surface area (Å²) >= 11 is 6.22. The van der Waals surface area contributed by atoms with Crippen molar-refractivity contribution in [3.8, 4) is 0 Å². The lowest BCUT2D eigenvalue weighted by Crippen LogP contribution is -2.54.